The molecular formula is C33H32O7. The van der Waals surface area contributed by atoms with Crippen molar-refractivity contribution in [3.63, 3.8) is 0 Å². The first-order valence-corrected chi connectivity index (χ1v) is 12.9. The number of hydrogen-bond donors (Lipinski definition) is 0. The second-order valence-electron chi connectivity index (χ2n) is 9.30. The fourth-order valence-corrected chi connectivity index (χ4v) is 3.98. The van der Waals surface area contributed by atoms with Gasteiger partial charge in [0.15, 0.2) is 17.3 Å². The van der Waals surface area contributed by atoms with E-state index in [1.54, 1.807) is 24.3 Å². The van der Waals surface area contributed by atoms with Gasteiger partial charge < -0.3 is 23.7 Å². The van der Waals surface area contributed by atoms with E-state index in [1.807, 2.05) is 74.5 Å². The molecule has 4 aromatic rings. The van der Waals surface area contributed by atoms with Crippen LogP contribution in [0.25, 0.3) is 0 Å². The first-order chi connectivity index (χ1) is 19.4. The van der Waals surface area contributed by atoms with E-state index in [-0.39, 0.29) is 52.6 Å². The van der Waals surface area contributed by atoms with Crippen LogP contribution in [-0.2, 0) is 13.2 Å². The number of ketones is 1. The van der Waals surface area contributed by atoms with Gasteiger partial charge in [-0.2, -0.15) is 0 Å². The summed E-state index contributed by atoms with van der Waals surface area (Å²) in [5, 5.41) is 0. The molecule has 4 aromatic carbocycles. The van der Waals surface area contributed by atoms with Gasteiger partial charge in [-0.05, 0) is 56.2 Å². The summed E-state index contributed by atoms with van der Waals surface area (Å²) in [4.78, 5) is 26.0. The molecule has 0 bridgehead atoms. The van der Waals surface area contributed by atoms with Gasteiger partial charge >= 0.3 is 5.97 Å². The molecule has 0 aliphatic heterocycles. The number of benzene rings is 4. The standard InChI is InChI=1S/C33H32O7/c1-22(2)39-32-30(23(3)34)28(19-29(31(32)36-4)38-21-25-13-9-6-10-14-25)40-33(35)26-15-17-27(18-16-26)37-20-24-11-7-5-8-12-24/h5-19,22H,20-21H2,1-4H3. The maximum absolute atomic E-state index is 13.2. The zero-order chi connectivity index (χ0) is 28.5. The van der Waals surface area contributed by atoms with Crippen molar-refractivity contribution < 1.29 is 33.3 Å². The molecule has 206 valence electrons. The molecule has 0 aromatic heterocycles. The van der Waals surface area contributed by atoms with Crippen molar-refractivity contribution in [2.24, 2.45) is 0 Å². The average molecular weight is 541 g/mol. The highest BCUT2D eigenvalue weighted by Crippen LogP contribution is 2.46. The molecule has 0 unspecified atom stereocenters. The highest BCUT2D eigenvalue weighted by atomic mass is 16.6. The van der Waals surface area contributed by atoms with Crippen molar-refractivity contribution in [1.82, 2.24) is 0 Å². The van der Waals surface area contributed by atoms with Crippen molar-refractivity contribution in [1.29, 1.82) is 0 Å². The highest BCUT2D eigenvalue weighted by Gasteiger charge is 2.28. The largest absolute Gasteiger partial charge is 0.490 e. The van der Waals surface area contributed by atoms with Gasteiger partial charge in [0.2, 0.25) is 5.75 Å². The molecule has 0 aliphatic carbocycles. The van der Waals surface area contributed by atoms with Crippen LogP contribution in [0.5, 0.6) is 28.7 Å². The van der Waals surface area contributed by atoms with E-state index < -0.39 is 5.97 Å². The maximum atomic E-state index is 13.2. The van der Waals surface area contributed by atoms with Gasteiger partial charge in [-0.3, -0.25) is 4.79 Å². The lowest BCUT2D eigenvalue weighted by Crippen LogP contribution is -2.15. The SMILES string of the molecule is COc1c(OCc2ccccc2)cc(OC(=O)c2ccc(OCc3ccccc3)cc2)c(C(C)=O)c1OC(C)C. The molecule has 40 heavy (non-hydrogen) atoms. The van der Waals surface area contributed by atoms with Gasteiger partial charge in [-0.1, -0.05) is 60.7 Å². The first kappa shape index (κ1) is 28.2. The topological polar surface area (TPSA) is 80.3 Å². The van der Waals surface area contributed by atoms with Crippen LogP contribution in [0.15, 0.2) is 91.0 Å². The van der Waals surface area contributed by atoms with E-state index in [9.17, 15) is 9.59 Å². The molecule has 7 heteroatoms. The molecule has 0 saturated carbocycles. The summed E-state index contributed by atoms with van der Waals surface area (Å²) in [5.74, 6) is 0.305. The lowest BCUT2D eigenvalue weighted by Gasteiger charge is -2.21. The fourth-order valence-electron chi connectivity index (χ4n) is 3.98. The fraction of sp³-hybridized carbons (Fsp3) is 0.212. The van der Waals surface area contributed by atoms with E-state index in [0.717, 1.165) is 11.1 Å². The van der Waals surface area contributed by atoms with Crippen LogP contribution in [0.1, 0.15) is 52.6 Å². The molecule has 0 N–H and O–H groups in total. The summed E-state index contributed by atoms with van der Waals surface area (Å²) in [6, 6.07) is 27.5. The van der Waals surface area contributed by atoms with Crippen LogP contribution in [0, 0.1) is 0 Å². The minimum atomic E-state index is -0.646. The van der Waals surface area contributed by atoms with E-state index in [1.165, 1.54) is 20.1 Å². The van der Waals surface area contributed by atoms with E-state index in [4.69, 9.17) is 23.7 Å². The van der Waals surface area contributed by atoms with E-state index >= 15 is 0 Å². The third-order valence-electron chi connectivity index (χ3n) is 5.85. The summed E-state index contributed by atoms with van der Waals surface area (Å²) in [6.45, 7) is 5.67. The predicted molar refractivity (Wildman–Crippen MR) is 152 cm³/mol. The number of carbonyl (C=O) groups excluding carboxylic acids is 2. The highest BCUT2D eigenvalue weighted by molar-refractivity contribution is 6.02. The minimum absolute atomic E-state index is 0.0152. The van der Waals surface area contributed by atoms with Gasteiger partial charge in [-0.15, -0.1) is 0 Å². The van der Waals surface area contributed by atoms with Gasteiger partial charge in [0.05, 0.1) is 18.8 Å². The van der Waals surface area contributed by atoms with Gasteiger partial charge in [0, 0.05) is 6.07 Å². The molecule has 0 atom stereocenters. The Morgan fingerprint density at radius 1 is 0.725 bits per heavy atom. The lowest BCUT2D eigenvalue weighted by atomic mass is 10.1. The number of rotatable bonds is 12. The van der Waals surface area contributed by atoms with Crippen molar-refractivity contribution in [2.75, 3.05) is 7.11 Å². The monoisotopic (exact) mass is 540 g/mol. The van der Waals surface area contributed by atoms with Crippen molar-refractivity contribution in [3.05, 3.63) is 113 Å². The quantitative estimate of drug-likeness (QED) is 0.108. The molecule has 0 amide bonds. The van der Waals surface area contributed by atoms with Crippen molar-refractivity contribution in [3.8, 4) is 28.7 Å². The van der Waals surface area contributed by atoms with Gasteiger partial charge in [0.1, 0.15) is 30.3 Å². The molecular weight excluding hydrogens is 508 g/mol. The number of esters is 1. The Kier molecular flexibility index (Phi) is 9.41. The second-order valence-corrected chi connectivity index (χ2v) is 9.30. The Bertz CT molecular complexity index is 1430. The third kappa shape index (κ3) is 7.20. The Hall–Kier alpha value is -4.78. The van der Waals surface area contributed by atoms with Gasteiger partial charge in [0.25, 0.3) is 0 Å². The van der Waals surface area contributed by atoms with Crippen LogP contribution in [0.2, 0.25) is 0 Å². The Morgan fingerprint density at radius 3 is 1.82 bits per heavy atom. The molecule has 0 fully saturated rings. The molecule has 0 radical (unpaired) electrons. The summed E-state index contributed by atoms with van der Waals surface area (Å²) in [5.41, 5.74) is 2.34. The van der Waals surface area contributed by atoms with Crippen molar-refractivity contribution in [2.45, 2.75) is 40.1 Å². The van der Waals surface area contributed by atoms with Crippen LogP contribution >= 0.6 is 0 Å². The molecule has 0 saturated heterocycles. The molecule has 4 rings (SSSR count). The van der Waals surface area contributed by atoms with E-state index in [0.29, 0.717) is 12.4 Å². The second kappa shape index (κ2) is 13.3. The Morgan fingerprint density at radius 2 is 1.30 bits per heavy atom. The lowest BCUT2D eigenvalue weighted by molar-refractivity contribution is 0.0731. The summed E-state index contributed by atoms with van der Waals surface area (Å²) in [7, 11) is 1.47. The smallest absolute Gasteiger partial charge is 0.343 e. The van der Waals surface area contributed by atoms with Crippen LogP contribution in [0.3, 0.4) is 0 Å². The summed E-state index contributed by atoms with van der Waals surface area (Å²) < 4.78 is 29.2. The zero-order valence-electron chi connectivity index (χ0n) is 23.0. The average Bonchev–Trinajstić information content (AvgIpc) is 2.95. The maximum Gasteiger partial charge on any atom is 0.343 e. The molecule has 0 heterocycles. The molecule has 0 aliphatic rings. The van der Waals surface area contributed by atoms with Crippen LogP contribution in [0.4, 0.5) is 0 Å². The number of ether oxygens (including phenoxy) is 5. The summed E-state index contributed by atoms with van der Waals surface area (Å²) in [6.07, 6.45) is -0.289. The number of Topliss-reactive ketones (excluding diaryl/α,β-unsaturated/α-hetero) is 1. The Labute approximate surface area is 234 Å². The Balaban J connectivity index is 1.61. The third-order valence-corrected chi connectivity index (χ3v) is 5.85. The molecule has 0 spiro atoms. The number of methoxy groups -OCH3 is 1. The number of carbonyl (C=O) groups is 2. The first-order valence-electron chi connectivity index (χ1n) is 12.9. The van der Waals surface area contributed by atoms with Crippen molar-refractivity contribution >= 4 is 11.8 Å². The van der Waals surface area contributed by atoms with E-state index in [2.05, 4.69) is 0 Å². The van der Waals surface area contributed by atoms with Crippen LogP contribution in [-0.4, -0.2) is 25.0 Å². The minimum Gasteiger partial charge on any atom is -0.490 e. The van der Waals surface area contributed by atoms with Gasteiger partial charge in [-0.25, -0.2) is 4.79 Å². The zero-order valence-corrected chi connectivity index (χ0v) is 23.0. The number of hydrogen-bond acceptors (Lipinski definition) is 7. The predicted octanol–water partition coefficient (Wildman–Crippen LogP) is 7.06. The van der Waals surface area contributed by atoms with Crippen LogP contribution < -0.4 is 23.7 Å². The normalized spacial score (nSPS) is 10.6. The summed E-state index contributed by atoms with van der Waals surface area (Å²) >= 11 is 0. The molecule has 7 nitrogen and oxygen atoms in total.